The number of methoxy groups -OCH3 is 2. The molecule has 2 N–H and O–H groups in total. The minimum Gasteiger partial charge on any atom is -0.493 e. The van der Waals surface area contributed by atoms with Gasteiger partial charge in [-0.05, 0) is 54.7 Å². The van der Waals surface area contributed by atoms with Crippen molar-refractivity contribution in [3.63, 3.8) is 0 Å². The van der Waals surface area contributed by atoms with E-state index in [9.17, 15) is 4.39 Å². The monoisotopic (exact) mass is 373 g/mol. The predicted molar refractivity (Wildman–Crippen MR) is 107 cm³/mol. The summed E-state index contributed by atoms with van der Waals surface area (Å²) in [5.74, 6) is 2.05. The SMILES string of the molecule is CN=C(NCCCc1ccc(OC)c(OC)c1)NCCc1ccc(F)cc1. The molecule has 0 aromatic heterocycles. The van der Waals surface area contributed by atoms with E-state index in [0.29, 0.717) is 0 Å². The summed E-state index contributed by atoms with van der Waals surface area (Å²) in [6, 6.07) is 12.6. The van der Waals surface area contributed by atoms with E-state index >= 15 is 0 Å². The van der Waals surface area contributed by atoms with E-state index in [2.05, 4.69) is 21.7 Å². The number of nitrogens with one attached hydrogen (secondary N) is 2. The number of halogens is 1. The molecule has 6 heteroatoms. The van der Waals surface area contributed by atoms with Crippen molar-refractivity contribution < 1.29 is 13.9 Å². The number of hydrogen-bond donors (Lipinski definition) is 2. The van der Waals surface area contributed by atoms with Gasteiger partial charge in [-0.2, -0.15) is 0 Å². The average molecular weight is 373 g/mol. The van der Waals surface area contributed by atoms with Crippen molar-refractivity contribution in [2.24, 2.45) is 4.99 Å². The van der Waals surface area contributed by atoms with E-state index < -0.39 is 0 Å². The first kappa shape index (κ1) is 20.6. The number of rotatable bonds is 9. The molecular formula is C21H28FN3O2. The smallest absolute Gasteiger partial charge is 0.190 e. The lowest BCUT2D eigenvalue weighted by atomic mass is 10.1. The van der Waals surface area contributed by atoms with Crippen molar-refractivity contribution in [3.8, 4) is 11.5 Å². The maximum Gasteiger partial charge on any atom is 0.190 e. The maximum atomic E-state index is 12.9. The van der Waals surface area contributed by atoms with Crippen LogP contribution >= 0.6 is 0 Å². The zero-order valence-corrected chi connectivity index (χ0v) is 16.2. The summed E-state index contributed by atoms with van der Waals surface area (Å²) in [5, 5.41) is 6.58. The highest BCUT2D eigenvalue weighted by atomic mass is 19.1. The number of ether oxygens (including phenoxy) is 2. The molecule has 0 atom stereocenters. The highest BCUT2D eigenvalue weighted by molar-refractivity contribution is 5.79. The van der Waals surface area contributed by atoms with Gasteiger partial charge < -0.3 is 20.1 Å². The number of aliphatic imine (C=N–C) groups is 1. The van der Waals surface area contributed by atoms with Gasteiger partial charge in [-0.1, -0.05) is 18.2 Å². The van der Waals surface area contributed by atoms with Gasteiger partial charge in [0.15, 0.2) is 17.5 Å². The van der Waals surface area contributed by atoms with Crippen LogP contribution in [0, 0.1) is 5.82 Å². The fourth-order valence-corrected chi connectivity index (χ4v) is 2.73. The molecule has 0 bridgehead atoms. The van der Waals surface area contributed by atoms with Crippen LogP contribution in [-0.2, 0) is 12.8 Å². The molecule has 0 unspecified atom stereocenters. The lowest BCUT2D eigenvalue weighted by molar-refractivity contribution is 0.354. The van der Waals surface area contributed by atoms with Gasteiger partial charge >= 0.3 is 0 Å². The van der Waals surface area contributed by atoms with E-state index in [4.69, 9.17) is 9.47 Å². The zero-order chi connectivity index (χ0) is 19.5. The van der Waals surface area contributed by atoms with Crippen LogP contribution in [0.2, 0.25) is 0 Å². The maximum absolute atomic E-state index is 12.9. The van der Waals surface area contributed by atoms with Crippen LogP contribution in [-0.4, -0.2) is 40.3 Å². The van der Waals surface area contributed by atoms with Crippen LogP contribution in [0.1, 0.15) is 17.5 Å². The number of hydrogen-bond acceptors (Lipinski definition) is 3. The van der Waals surface area contributed by atoms with Crippen LogP contribution in [0.15, 0.2) is 47.5 Å². The Morgan fingerprint density at radius 1 is 0.889 bits per heavy atom. The molecule has 0 aliphatic heterocycles. The number of benzene rings is 2. The number of guanidine groups is 1. The second-order valence-corrected chi connectivity index (χ2v) is 6.10. The third kappa shape index (κ3) is 6.81. The van der Waals surface area contributed by atoms with E-state index in [1.165, 1.54) is 17.7 Å². The normalized spacial score (nSPS) is 11.2. The van der Waals surface area contributed by atoms with E-state index in [1.54, 1.807) is 33.4 Å². The van der Waals surface area contributed by atoms with Crippen molar-refractivity contribution in [1.29, 1.82) is 0 Å². The molecule has 0 fully saturated rings. The molecular weight excluding hydrogens is 345 g/mol. The molecule has 0 heterocycles. The summed E-state index contributed by atoms with van der Waals surface area (Å²) in [4.78, 5) is 4.23. The summed E-state index contributed by atoms with van der Waals surface area (Å²) in [5.41, 5.74) is 2.29. The summed E-state index contributed by atoms with van der Waals surface area (Å²) >= 11 is 0. The summed E-state index contributed by atoms with van der Waals surface area (Å²) in [7, 11) is 5.03. The van der Waals surface area contributed by atoms with Crippen molar-refractivity contribution >= 4 is 5.96 Å². The molecule has 2 aromatic carbocycles. The van der Waals surface area contributed by atoms with E-state index in [0.717, 1.165) is 55.4 Å². The molecule has 0 saturated heterocycles. The molecule has 0 saturated carbocycles. The fraction of sp³-hybridized carbons (Fsp3) is 0.381. The van der Waals surface area contributed by atoms with Crippen molar-refractivity contribution in [3.05, 3.63) is 59.4 Å². The van der Waals surface area contributed by atoms with E-state index in [1.807, 2.05) is 12.1 Å². The van der Waals surface area contributed by atoms with Gasteiger partial charge in [0.05, 0.1) is 14.2 Å². The third-order valence-electron chi connectivity index (χ3n) is 4.23. The first-order valence-corrected chi connectivity index (χ1v) is 9.06. The molecule has 0 aliphatic carbocycles. The van der Waals surface area contributed by atoms with Gasteiger partial charge in [0.25, 0.3) is 0 Å². The Balaban J connectivity index is 1.69. The molecule has 0 amide bonds. The Bertz CT molecular complexity index is 733. The summed E-state index contributed by atoms with van der Waals surface area (Å²) in [6.45, 7) is 1.55. The molecule has 0 radical (unpaired) electrons. The van der Waals surface area contributed by atoms with Crippen LogP contribution < -0.4 is 20.1 Å². The molecule has 2 rings (SSSR count). The largest absolute Gasteiger partial charge is 0.493 e. The van der Waals surface area contributed by atoms with Gasteiger partial charge in [-0.15, -0.1) is 0 Å². The van der Waals surface area contributed by atoms with Gasteiger partial charge in [0.1, 0.15) is 5.82 Å². The van der Waals surface area contributed by atoms with Crippen LogP contribution in [0.3, 0.4) is 0 Å². The Labute approximate surface area is 160 Å². The minimum atomic E-state index is -0.210. The molecule has 2 aromatic rings. The number of aryl methyl sites for hydroxylation is 1. The van der Waals surface area contributed by atoms with Gasteiger partial charge in [-0.25, -0.2) is 4.39 Å². The van der Waals surface area contributed by atoms with Gasteiger partial charge in [-0.3, -0.25) is 4.99 Å². The lowest BCUT2D eigenvalue weighted by Crippen LogP contribution is -2.38. The topological polar surface area (TPSA) is 54.9 Å². The van der Waals surface area contributed by atoms with Gasteiger partial charge in [0.2, 0.25) is 0 Å². The van der Waals surface area contributed by atoms with Crippen LogP contribution in [0.4, 0.5) is 4.39 Å². The second-order valence-electron chi connectivity index (χ2n) is 6.10. The number of nitrogens with zero attached hydrogens (tertiary/aromatic N) is 1. The van der Waals surface area contributed by atoms with E-state index in [-0.39, 0.29) is 5.82 Å². The highest BCUT2D eigenvalue weighted by Crippen LogP contribution is 2.27. The molecule has 0 aliphatic rings. The highest BCUT2D eigenvalue weighted by Gasteiger charge is 2.04. The first-order chi connectivity index (χ1) is 13.2. The van der Waals surface area contributed by atoms with Crippen molar-refractivity contribution in [2.45, 2.75) is 19.3 Å². The Morgan fingerprint density at radius 3 is 2.22 bits per heavy atom. The Morgan fingerprint density at radius 2 is 1.56 bits per heavy atom. The Kier molecular flexibility index (Phi) is 8.42. The van der Waals surface area contributed by atoms with Gasteiger partial charge in [0, 0.05) is 20.1 Å². The molecule has 27 heavy (non-hydrogen) atoms. The predicted octanol–water partition coefficient (Wildman–Crippen LogP) is 3.18. The standard InChI is InChI=1S/C21H28FN3O2/c1-23-21(25-14-12-16-6-9-18(22)10-7-16)24-13-4-5-17-8-11-19(26-2)20(15-17)27-3/h6-11,15H,4-5,12-14H2,1-3H3,(H2,23,24,25). The first-order valence-electron chi connectivity index (χ1n) is 9.06. The minimum absolute atomic E-state index is 0.210. The average Bonchev–Trinajstić information content (AvgIpc) is 2.70. The summed E-state index contributed by atoms with van der Waals surface area (Å²) < 4.78 is 23.5. The third-order valence-corrected chi connectivity index (χ3v) is 4.23. The fourth-order valence-electron chi connectivity index (χ4n) is 2.73. The van der Waals surface area contributed by atoms with Crippen LogP contribution in [0.5, 0.6) is 11.5 Å². The lowest BCUT2D eigenvalue weighted by Gasteiger charge is -2.12. The van der Waals surface area contributed by atoms with Crippen molar-refractivity contribution in [2.75, 3.05) is 34.4 Å². The summed E-state index contributed by atoms with van der Waals surface area (Å²) in [6.07, 6.45) is 2.71. The quantitative estimate of drug-likeness (QED) is 0.403. The van der Waals surface area contributed by atoms with Crippen LogP contribution in [0.25, 0.3) is 0 Å². The molecule has 146 valence electrons. The Hall–Kier alpha value is -2.76. The molecule has 0 spiro atoms. The van der Waals surface area contributed by atoms with Crippen molar-refractivity contribution in [1.82, 2.24) is 10.6 Å². The second kappa shape index (κ2) is 11.1. The molecule has 5 nitrogen and oxygen atoms in total. The zero-order valence-electron chi connectivity index (χ0n) is 16.2.